The van der Waals surface area contributed by atoms with Gasteiger partial charge in [0.25, 0.3) is 0 Å². The predicted molar refractivity (Wildman–Crippen MR) is 63.1 cm³/mol. The average Bonchev–Trinajstić information content (AvgIpc) is 2.32. The van der Waals surface area contributed by atoms with Crippen LogP contribution in [-0.2, 0) is 6.18 Å². The standard InChI is InChI=1S/C13H14F7N/c1-2-5-21-11(7-12(15,16)17)8-3-4-10(14)9(6-8)13(18,19)20/h3-4,6,11,21H,2,5,7H2,1H3. The molecule has 0 saturated heterocycles. The Morgan fingerprint density at radius 1 is 1.10 bits per heavy atom. The van der Waals surface area contributed by atoms with Crippen LogP contribution in [0, 0.1) is 5.82 Å². The quantitative estimate of drug-likeness (QED) is 0.767. The van der Waals surface area contributed by atoms with E-state index in [9.17, 15) is 30.7 Å². The van der Waals surface area contributed by atoms with Gasteiger partial charge in [-0.05, 0) is 30.7 Å². The van der Waals surface area contributed by atoms with E-state index in [0.717, 1.165) is 6.07 Å². The van der Waals surface area contributed by atoms with Crippen molar-refractivity contribution in [3.63, 3.8) is 0 Å². The Morgan fingerprint density at radius 2 is 1.71 bits per heavy atom. The molecule has 1 N–H and O–H groups in total. The lowest BCUT2D eigenvalue weighted by atomic mass is 10.00. The molecule has 0 aliphatic rings. The first-order valence-corrected chi connectivity index (χ1v) is 6.21. The Kier molecular flexibility index (Phi) is 5.61. The molecule has 8 heteroatoms. The molecule has 0 saturated carbocycles. The van der Waals surface area contributed by atoms with Crippen LogP contribution in [0.25, 0.3) is 0 Å². The maximum Gasteiger partial charge on any atom is 0.419 e. The SMILES string of the molecule is CCCNC(CC(F)(F)F)c1ccc(F)c(C(F)(F)F)c1. The summed E-state index contributed by atoms with van der Waals surface area (Å²) in [5.74, 6) is -1.51. The van der Waals surface area contributed by atoms with E-state index in [-0.39, 0.29) is 12.1 Å². The van der Waals surface area contributed by atoms with E-state index in [1.807, 2.05) is 0 Å². The van der Waals surface area contributed by atoms with Crippen LogP contribution in [0.4, 0.5) is 30.7 Å². The van der Waals surface area contributed by atoms with E-state index in [1.54, 1.807) is 6.92 Å². The highest BCUT2D eigenvalue weighted by Crippen LogP contribution is 2.35. The van der Waals surface area contributed by atoms with Crippen molar-refractivity contribution in [1.29, 1.82) is 0 Å². The molecule has 0 amide bonds. The second kappa shape index (κ2) is 6.64. The average molecular weight is 317 g/mol. The molecule has 0 heterocycles. The van der Waals surface area contributed by atoms with Crippen LogP contribution < -0.4 is 5.32 Å². The largest absolute Gasteiger partial charge is 0.419 e. The van der Waals surface area contributed by atoms with Crippen molar-refractivity contribution in [2.45, 2.75) is 38.2 Å². The summed E-state index contributed by atoms with van der Waals surface area (Å²) in [5.41, 5.74) is -1.81. The normalized spacial score (nSPS) is 14.3. The summed E-state index contributed by atoms with van der Waals surface area (Å²) in [6.07, 6.45) is -10.3. The minimum atomic E-state index is -4.95. The van der Waals surface area contributed by atoms with E-state index in [4.69, 9.17) is 0 Å². The molecule has 0 aliphatic heterocycles. The number of rotatable bonds is 5. The molecule has 1 aromatic rings. The van der Waals surface area contributed by atoms with Crippen molar-refractivity contribution in [2.75, 3.05) is 6.54 Å². The minimum Gasteiger partial charge on any atom is -0.310 e. The van der Waals surface area contributed by atoms with Gasteiger partial charge in [-0.3, -0.25) is 0 Å². The molecule has 120 valence electrons. The Morgan fingerprint density at radius 3 is 2.19 bits per heavy atom. The lowest BCUT2D eigenvalue weighted by molar-refractivity contribution is -0.140. The van der Waals surface area contributed by atoms with Crippen molar-refractivity contribution in [2.24, 2.45) is 0 Å². The molecule has 0 aliphatic carbocycles. The van der Waals surface area contributed by atoms with Gasteiger partial charge in [0.2, 0.25) is 0 Å². The summed E-state index contributed by atoms with van der Waals surface area (Å²) >= 11 is 0. The zero-order valence-corrected chi connectivity index (χ0v) is 11.1. The Labute approximate surface area is 117 Å². The molecule has 1 aromatic carbocycles. The van der Waals surface area contributed by atoms with Crippen molar-refractivity contribution in [3.05, 3.63) is 35.1 Å². The van der Waals surface area contributed by atoms with E-state index >= 15 is 0 Å². The molecule has 1 unspecified atom stereocenters. The first-order chi connectivity index (χ1) is 9.54. The Balaban J connectivity index is 3.12. The van der Waals surface area contributed by atoms with E-state index in [1.165, 1.54) is 0 Å². The third-order valence-corrected chi connectivity index (χ3v) is 2.77. The van der Waals surface area contributed by atoms with Crippen LogP contribution >= 0.6 is 0 Å². The zero-order chi connectivity index (χ0) is 16.3. The lowest BCUT2D eigenvalue weighted by Gasteiger charge is -2.21. The van der Waals surface area contributed by atoms with Crippen molar-refractivity contribution in [3.8, 4) is 0 Å². The molecule has 1 rings (SSSR count). The van der Waals surface area contributed by atoms with Gasteiger partial charge in [-0.2, -0.15) is 26.3 Å². The smallest absolute Gasteiger partial charge is 0.310 e. The second-order valence-corrected chi connectivity index (χ2v) is 4.56. The Bertz CT molecular complexity index is 465. The topological polar surface area (TPSA) is 12.0 Å². The molecule has 0 bridgehead atoms. The molecule has 1 nitrogen and oxygen atoms in total. The summed E-state index contributed by atoms with van der Waals surface area (Å²) in [4.78, 5) is 0. The fourth-order valence-corrected chi connectivity index (χ4v) is 1.83. The van der Waals surface area contributed by atoms with Gasteiger partial charge in [0.1, 0.15) is 5.82 Å². The third-order valence-electron chi connectivity index (χ3n) is 2.77. The highest BCUT2D eigenvalue weighted by molar-refractivity contribution is 5.29. The van der Waals surface area contributed by atoms with Gasteiger partial charge in [0, 0.05) is 6.04 Å². The number of benzene rings is 1. The van der Waals surface area contributed by atoms with Gasteiger partial charge in [0.05, 0.1) is 12.0 Å². The van der Waals surface area contributed by atoms with Crippen LogP contribution in [0.1, 0.15) is 36.9 Å². The number of hydrogen-bond donors (Lipinski definition) is 1. The molecular formula is C13H14F7N. The van der Waals surface area contributed by atoms with Gasteiger partial charge in [-0.15, -0.1) is 0 Å². The highest BCUT2D eigenvalue weighted by Gasteiger charge is 2.36. The van der Waals surface area contributed by atoms with Crippen LogP contribution in [0.2, 0.25) is 0 Å². The zero-order valence-electron chi connectivity index (χ0n) is 11.1. The van der Waals surface area contributed by atoms with Crippen LogP contribution in [0.5, 0.6) is 0 Å². The highest BCUT2D eigenvalue weighted by atomic mass is 19.4. The first-order valence-electron chi connectivity index (χ1n) is 6.21. The summed E-state index contributed by atoms with van der Waals surface area (Å²) < 4.78 is 88.4. The fraction of sp³-hybridized carbons (Fsp3) is 0.538. The number of nitrogens with one attached hydrogen (secondary N) is 1. The van der Waals surface area contributed by atoms with Crippen molar-refractivity contribution < 1.29 is 30.7 Å². The maximum absolute atomic E-state index is 13.2. The van der Waals surface area contributed by atoms with E-state index < -0.39 is 36.2 Å². The summed E-state index contributed by atoms with van der Waals surface area (Å²) in [6.45, 7) is 1.92. The molecule has 0 aromatic heterocycles. The lowest BCUT2D eigenvalue weighted by Crippen LogP contribution is -2.27. The van der Waals surface area contributed by atoms with Crippen molar-refractivity contribution in [1.82, 2.24) is 5.32 Å². The van der Waals surface area contributed by atoms with E-state index in [2.05, 4.69) is 5.32 Å². The number of halogens is 7. The molecular weight excluding hydrogens is 303 g/mol. The summed E-state index contributed by atoms with van der Waals surface area (Å²) in [7, 11) is 0. The fourth-order valence-electron chi connectivity index (χ4n) is 1.83. The third kappa shape index (κ3) is 5.53. The summed E-state index contributed by atoms with van der Waals surface area (Å²) in [6, 6.07) is 0.555. The monoisotopic (exact) mass is 317 g/mol. The molecule has 0 radical (unpaired) electrons. The summed E-state index contributed by atoms with van der Waals surface area (Å²) in [5, 5.41) is 2.53. The molecule has 0 spiro atoms. The predicted octanol–water partition coefficient (Wildman–Crippen LogP) is 4.84. The van der Waals surface area contributed by atoms with Gasteiger partial charge in [-0.25, -0.2) is 4.39 Å². The molecule has 0 fully saturated rings. The van der Waals surface area contributed by atoms with E-state index in [0.29, 0.717) is 18.6 Å². The van der Waals surface area contributed by atoms with Gasteiger partial charge in [-0.1, -0.05) is 13.0 Å². The maximum atomic E-state index is 13.2. The van der Waals surface area contributed by atoms with Crippen LogP contribution in [-0.4, -0.2) is 12.7 Å². The number of alkyl halides is 6. The van der Waals surface area contributed by atoms with Crippen molar-refractivity contribution >= 4 is 0 Å². The van der Waals surface area contributed by atoms with Crippen LogP contribution in [0.3, 0.4) is 0 Å². The molecule has 1 atom stereocenters. The minimum absolute atomic E-state index is 0.208. The first kappa shape index (κ1) is 17.7. The van der Waals surface area contributed by atoms with Gasteiger partial charge >= 0.3 is 12.4 Å². The Hall–Kier alpha value is -1.31. The molecule has 21 heavy (non-hydrogen) atoms. The van der Waals surface area contributed by atoms with Gasteiger partial charge in [0.15, 0.2) is 0 Å². The second-order valence-electron chi connectivity index (χ2n) is 4.56. The van der Waals surface area contributed by atoms with Gasteiger partial charge < -0.3 is 5.32 Å². The van der Waals surface area contributed by atoms with Crippen LogP contribution in [0.15, 0.2) is 18.2 Å². The number of hydrogen-bond acceptors (Lipinski definition) is 1.